The molecule has 1 unspecified atom stereocenters. The summed E-state index contributed by atoms with van der Waals surface area (Å²) >= 11 is 7.75. The standard InChI is InChI=1S/C20H17ClN4OS/c21-14-9-7-13(8-10-14)19-23-18(26-24-19)12-25-11-3-5-16(25)20-22-15-4-1-2-6-17(15)27-20/h1-2,4,6-10,16H,3,5,11-12H2/p+1/t16-/m0/s1. The Morgan fingerprint density at radius 3 is 2.81 bits per heavy atom. The summed E-state index contributed by atoms with van der Waals surface area (Å²) < 4.78 is 6.77. The average molecular weight is 398 g/mol. The number of thiazole rings is 1. The van der Waals surface area contributed by atoms with E-state index in [9.17, 15) is 0 Å². The third-order valence-corrected chi connectivity index (χ3v) is 6.44. The minimum absolute atomic E-state index is 0.397. The number of hydrogen-bond acceptors (Lipinski definition) is 5. The second kappa shape index (κ2) is 7.03. The molecule has 5 rings (SSSR count). The minimum Gasteiger partial charge on any atom is -0.333 e. The van der Waals surface area contributed by atoms with Gasteiger partial charge in [0.05, 0.1) is 16.8 Å². The minimum atomic E-state index is 0.397. The van der Waals surface area contributed by atoms with Crippen molar-refractivity contribution in [1.82, 2.24) is 15.1 Å². The second-order valence-corrected chi connectivity index (χ2v) is 8.32. The van der Waals surface area contributed by atoms with Crippen molar-refractivity contribution in [1.29, 1.82) is 0 Å². The van der Waals surface area contributed by atoms with Crippen LogP contribution >= 0.6 is 22.9 Å². The summed E-state index contributed by atoms with van der Waals surface area (Å²) in [6.07, 6.45) is 2.33. The van der Waals surface area contributed by atoms with Gasteiger partial charge in [0.15, 0.2) is 11.6 Å². The lowest BCUT2D eigenvalue weighted by atomic mass is 10.2. The maximum Gasteiger partial charge on any atom is 0.282 e. The lowest BCUT2D eigenvalue weighted by Gasteiger charge is -2.17. The lowest BCUT2D eigenvalue weighted by Crippen LogP contribution is -3.09. The molecule has 3 heterocycles. The molecule has 1 fully saturated rings. The maximum atomic E-state index is 5.95. The van der Waals surface area contributed by atoms with E-state index in [1.807, 2.05) is 30.3 Å². The van der Waals surface area contributed by atoms with Crippen molar-refractivity contribution in [2.45, 2.75) is 25.4 Å². The van der Waals surface area contributed by atoms with Crippen LogP contribution in [0.1, 0.15) is 29.8 Å². The highest BCUT2D eigenvalue weighted by Gasteiger charge is 2.34. The molecule has 0 amide bonds. The van der Waals surface area contributed by atoms with Crippen LogP contribution in [-0.4, -0.2) is 21.7 Å². The van der Waals surface area contributed by atoms with Crippen LogP contribution in [0.3, 0.4) is 0 Å². The summed E-state index contributed by atoms with van der Waals surface area (Å²) in [6.45, 7) is 1.82. The van der Waals surface area contributed by atoms with E-state index in [0.29, 0.717) is 22.8 Å². The van der Waals surface area contributed by atoms with Crippen molar-refractivity contribution in [2.75, 3.05) is 6.54 Å². The molecule has 1 aliphatic heterocycles. The van der Waals surface area contributed by atoms with E-state index in [1.54, 1.807) is 11.3 Å². The fourth-order valence-electron chi connectivity index (χ4n) is 3.70. The SMILES string of the molecule is Clc1ccc(-c2noc(C[NH+]3CCC[C@H]3c3nc4ccccc4s3)n2)cc1. The van der Waals surface area contributed by atoms with Gasteiger partial charge in [-0.25, -0.2) is 4.98 Å². The maximum absolute atomic E-state index is 5.95. The first kappa shape index (κ1) is 16.9. The molecule has 1 aliphatic rings. The van der Waals surface area contributed by atoms with Gasteiger partial charge >= 0.3 is 0 Å². The van der Waals surface area contributed by atoms with Crippen molar-refractivity contribution in [3.05, 3.63) is 64.5 Å². The summed E-state index contributed by atoms with van der Waals surface area (Å²) in [4.78, 5) is 10.9. The van der Waals surface area contributed by atoms with Gasteiger partial charge in [-0.1, -0.05) is 28.9 Å². The van der Waals surface area contributed by atoms with E-state index in [4.69, 9.17) is 21.1 Å². The Morgan fingerprint density at radius 2 is 1.96 bits per heavy atom. The van der Waals surface area contributed by atoms with Gasteiger partial charge in [0.2, 0.25) is 5.82 Å². The highest BCUT2D eigenvalue weighted by molar-refractivity contribution is 7.18. The smallest absolute Gasteiger partial charge is 0.282 e. The van der Waals surface area contributed by atoms with Gasteiger partial charge in [-0.3, -0.25) is 0 Å². The largest absolute Gasteiger partial charge is 0.333 e. The molecule has 7 heteroatoms. The number of halogens is 1. The number of nitrogens with one attached hydrogen (secondary N) is 1. The molecule has 0 aliphatic carbocycles. The Labute approximate surface area is 165 Å². The van der Waals surface area contributed by atoms with E-state index < -0.39 is 0 Å². The first-order valence-corrected chi connectivity index (χ1v) is 10.2. The molecule has 5 nitrogen and oxygen atoms in total. The molecule has 1 N–H and O–H groups in total. The van der Waals surface area contributed by atoms with Gasteiger partial charge in [0, 0.05) is 23.4 Å². The number of fused-ring (bicyclic) bond motifs is 1. The van der Waals surface area contributed by atoms with E-state index in [1.165, 1.54) is 21.0 Å². The molecule has 2 aromatic carbocycles. The first-order valence-electron chi connectivity index (χ1n) is 9.05. The van der Waals surface area contributed by atoms with Crippen molar-refractivity contribution in [2.24, 2.45) is 0 Å². The highest BCUT2D eigenvalue weighted by atomic mass is 35.5. The molecule has 0 bridgehead atoms. The Hall–Kier alpha value is -2.28. The number of aromatic nitrogens is 3. The number of para-hydroxylation sites is 1. The summed E-state index contributed by atoms with van der Waals surface area (Å²) in [5.41, 5.74) is 2.00. The lowest BCUT2D eigenvalue weighted by molar-refractivity contribution is -0.933. The highest BCUT2D eigenvalue weighted by Crippen LogP contribution is 2.29. The molecule has 0 spiro atoms. The van der Waals surface area contributed by atoms with Gasteiger partial charge in [-0.15, -0.1) is 11.3 Å². The van der Waals surface area contributed by atoms with Gasteiger partial charge in [-0.2, -0.15) is 4.98 Å². The Morgan fingerprint density at radius 1 is 1.11 bits per heavy atom. The topological polar surface area (TPSA) is 56.2 Å². The molecule has 0 radical (unpaired) electrons. The predicted octanol–water partition coefficient (Wildman–Crippen LogP) is 3.92. The quantitative estimate of drug-likeness (QED) is 0.567. The van der Waals surface area contributed by atoms with E-state index >= 15 is 0 Å². The molecule has 1 saturated heterocycles. The Kier molecular flexibility index (Phi) is 4.39. The zero-order valence-electron chi connectivity index (χ0n) is 14.6. The molecular formula is C20H18ClN4OS+. The number of benzene rings is 2. The molecular weight excluding hydrogens is 380 g/mol. The number of quaternary nitrogens is 1. The summed E-state index contributed by atoms with van der Waals surface area (Å²) in [5, 5.41) is 6.04. The number of likely N-dealkylation sites (tertiary alicyclic amines) is 1. The number of nitrogens with zero attached hydrogens (tertiary/aromatic N) is 3. The Bertz CT molecular complexity index is 1040. The summed E-state index contributed by atoms with van der Waals surface area (Å²) in [6, 6.07) is 16.2. The average Bonchev–Trinajstić information content (AvgIpc) is 3.41. The fraction of sp³-hybridized carbons (Fsp3) is 0.250. The van der Waals surface area contributed by atoms with Gasteiger partial charge in [0.1, 0.15) is 6.04 Å². The fourth-order valence-corrected chi connectivity index (χ4v) is 4.98. The van der Waals surface area contributed by atoms with Crippen molar-refractivity contribution in [3.8, 4) is 11.4 Å². The van der Waals surface area contributed by atoms with Gasteiger partial charge < -0.3 is 9.42 Å². The molecule has 0 saturated carbocycles. The first-order chi connectivity index (χ1) is 13.3. The summed E-state index contributed by atoms with van der Waals surface area (Å²) in [7, 11) is 0. The monoisotopic (exact) mass is 397 g/mol. The van der Waals surface area contributed by atoms with Crippen LogP contribution in [0.5, 0.6) is 0 Å². The Balaban J connectivity index is 1.36. The number of hydrogen-bond donors (Lipinski definition) is 1. The molecule has 2 aromatic heterocycles. The zero-order chi connectivity index (χ0) is 18.2. The van der Waals surface area contributed by atoms with E-state index in [-0.39, 0.29) is 0 Å². The second-order valence-electron chi connectivity index (χ2n) is 6.82. The van der Waals surface area contributed by atoms with Crippen LogP contribution in [0.4, 0.5) is 0 Å². The number of rotatable bonds is 4. The van der Waals surface area contributed by atoms with Crippen LogP contribution < -0.4 is 4.90 Å². The predicted molar refractivity (Wildman–Crippen MR) is 106 cm³/mol. The van der Waals surface area contributed by atoms with Gasteiger partial charge in [-0.05, 0) is 36.4 Å². The van der Waals surface area contributed by atoms with Crippen LogP contribution in [0, 0.1) is 0 Å². The molecule has 4 aromatic rings. The zero-order valence-corrected chi connectivity index (χ0v) is 16.1. The van der Waals surface area contributed by atoms with Crippen molar-refractivity contribution >= 4 is 33.2 Å². The van der Waals surface area contributed by atoms with Crippen molar-refractivity contribution in [3.63, 3.8) is 0 Å². The molecule has 2 atom stereocenters. The molecule has 27 heavy (non-hydrogen) atoms. The normalized spacial score (nSPS) is 19.7. The third kappa shape index (κ3) is 3.36. The van der Waals surface area contributed by atoms with Crippen LogP contribution in [0.15, 0.2) is 53.1 Å². The van der Waals surface area contributed by atoms with Crippen LogP contribution in [0.25, 0.3) is 21.6 Å². The van der Waals surface area contributed by atoms with Crippen LogP contribution in [0.2, 0.25) is 5.02 Å². The molecule has 136 valence electrons. The van der Waals surface area contributed by atoms with E-state index in [2.05, 4.69) is 28.3 Å². The van der Waals surface area contributed by atoms with Crippen molar-refractivity contribution < 1.29 is 9.42 Å². The van der Waals surface area contributed by atoms with E-state index in [0.717, 1.165) is 30.6 Å². The van der Waals surface area contributed by atoms with Crippen LogP contribution in [-0.2, 0) is 6.54 Å². The third-order valence-electron chi connectivity index (χ3n) is 5.04. The summed E-state index contributed by atoms with van der Waals surface area (Å²) in [5.74, 6) is 1.28. The van der Waals surface area contributed by atoms with Gasteiger partial charge in [0.25, 0.3) is 5.89 Å².